The molecule has 3 aromatic rings. The van der Waals surface area contributed by atoms with Gasteiger partial charge in [-0.05, 0) is 25.1 Å². The molecule has 0 aliphatic carbocycles. The number of benzene rings is 2. The van der Waals surface area contributed by atoms with Gasteiger partial charge in [-0.3, -0.25) is 4.79 Å². The van der Waals surface area contributed by atoms with Gasteiger partial charge in [-0.15, -0.1) is 0 Å². The summed E-state index contributed by atoms with van der Waals surface area (Å²) in [6, 6.07) is 5.69. The summed E-state index contributed by atoms with van der Waals surface area (Å²) in [6.45, 7) is 0.354. The van der Waals surface area contributed by atoms with Gasteiger partial charge in [0.25, 0.3) is 0 Å². The lowest BCUT2D eigenvalue weighted by molar-refractivity contribution is -0.318. The topological polar surface area (TPSA) is 279 Å². The third-order valence-electron chi connectivity index (χ3n) is 7.62. The smallest absolute Gasteiger partial charge is 0.239 e. The van der Waals surface area contributed by atoms with Crippen molar-refractivity contribution in [3.05, 3.63) is 40.6 Å². The fourth-order valence-corrected chi connectivity index (χ4v) is 5.11. The van der Waals surface area contributed by atoms with Gasteiger partial charge in [0.15, 0.2) is 23.5 Å². The van der Waals surface area contributed by atoms with Crippen LogP contribution >= 0.6 is 0 Å². The Balaban J connectivity index is 1.48. The zero-order valence-electron chi connectivity index (χ0n) is 24.1. The molecule has 10 atom stereocenters. The number of phenols is 3. The molecule has 2 saturated heterocycles. The number of rotatable bonds is 9. The zero-order valence-corrected chi connectivity index (χ0v) is 24.1. The van der Waals surface area contributed by atoms with Gasteiger partial charge in [-0.25, -0.2) is 0 Å². The number of hydrogen-bond acceptors (Lipinski definition) is 17. The first-order valence-corrected chi connectivity index (χ1v) is 14.1. The molecular weight excluding hydrogens is 620 g/mol. The van der Waals surface area contributed by atoms with E-state index in [4.69, 9.17) is 33.2 Å². The quantitative estimate of drug-likeness (QED) is 0.119. The number of hydrogen-bond donors (Lipinski definition) is 10. The number of fused-ring (bicyclic) bond motifs is 1. The summed E-state index contributed by atoms with van der Waals surface area (Å²) in [5, 5.41) is 102. The van der Waals surface area contributed by atoms with Gasteiger partial charge >= 0.3 is 0 Å². The van der Waals surface area contributed by atoms with Crippen LogP contribution in [0.3, 0.4) is 0 Å². The first-order valence-electron chi connectivity index (χ1n) is 14.1. The van der Waals surface area contributed by atoms with Crippen molar-refractivity contribution in [1.82, 2.24) is 0 Å². The van der Waals surface area contributed by atoms with Crippen LogP contribution in [0.25, 0.3) is 22.3 Å². The molecule has 0 radical (unpaired) electrons. The molecule has 0 saturated carbocycles. The second-order valence-electron chi connectivity index (χ2n) is 10.8. The molecule has 10 N–H and O–H groups in total. The Hall–Kier alpha value is -3.75. The van der Waals surface area contributed by atoms with Crippen LogP contribution < -0.4 is 14.9 Å². The van der Waals surface area contributed by atoms with Crippen molar-refractivity contribution >= 4 is 11.0 Å². The summed E-state index contributed by atoms with van der Waals surface area (Å²) in [4.78, 5) is 13.7. The molecule has 3 heterocycles. The Morgan fingerprint density at radius 2 is 1.50 bits per heavy atom. The maximum absolute atomic E-state index is 13.7. The Labute approximate surface area is 259 Å². The first kappa shape index (κ1) is 33.6. The third kappa shape index (κ3) is 6.42. The van der Waals surface area contributed by atoms with E-state index >= 15 is 0 Å². The average Bonchev–Trinajstić information content (AvgIpc) is 3.01. The zero-order chi connectivity index (χ0) is 33.4. The summed E-state index contributed by atoms with van der Waals surface area (Å²) < 4.78 is 33.3. The average molecular weight is 655 g/mol. The highest BCUT2D eigenvalue weighted by Gasteiger charge is 2.47. The minimum atomic E-state index is -1.97. The largest absolute Gasteiger partial charge is 0.508 e. The lowest BCUT2D eigenvalue weighted by Gasteiger charge is -2.42. The number of ether oxygens (including phenoxy) is 5. The molecule has 46 heavy (non-hydrogen) atoms. The Kier molecular flexibility index (Phi) is 9.89. The fourth-order valence-electron chi connectivity index (χ4n) is 5.11. The molecule has 5 rings (SSSR count). The number of aliphatic hydroxyl groups is 7. The highest BCUT2D eigenvalue weighted by atomic mass is 16.7. The van der Waals surface area contributed by atoms with E-state index in [1.54, 1.807) is 0 Å². The molecule has 2 fully saturated rings. The summed E-state index contributed by atoms with van der Waals surface area (Å²) in [7, 11) is 0. The van der Waals surface area contributed by atoms with Gasteiger partial charge in [0.05, 0.1) is 19.3 Å². The van der Waals surface area contributed by atoms with E-state index in [9.17, 15) is 50.8 Å². The lowest BCUT2D eigenvalue weighted by Crippen LogP contribution is -2.61. The normalized spacial score (nSPS) is 31.6. The Morgan fingerprint density at radius 3 is 2.20 bits per heavy atom. The monoisotopic (exact) mass is 654 g/mol. The lowest BCUT2D eigenvalue weighted by atomic mass is 9.98. The van der Waals surface area contributed by atoms with E-state index in [2.05, 4.69) is 0 Å². The van der Waals surface area contributed by atoms with Gasteiger partial charge < -0.3 is 79.2 Å². The van der Waals surface area contributed by atoms with Gasteiger partial charge in [0.2, 0.25) is 17.5 Å². The standard InChI is InChI=1S/C29H34O17/c1-10-19(34)22(37)24(39)28(43-10)42-9-17-20(35)23(38)25(40)29(45-17)46-27-21(36)18-14(33)7-12(31)8-16(18)44-26(27)11-2-3-15(13(32)6-11)41-5-4-30/h2-3,6-8,10,17,19-20,22-25,28-35,37-40H,4-5,9H2,1H3/t10-,17?,19-,20+,22+,23-,24?,25+,28?,29-/m1/s1. The van der Waals surface area contributed by atoms with E-state index < -0.39 is 102 Å². The van der Waals surface area contributed by atoms with Gasteiger partial charge in [-0.2, -0.15) is 0 Å². The second kappa shape index (κ2) is 13.5. The van der Waals surface area contributed by atoms with Crippen molar-refractivity contribution in [3.63, 3.8) is 0 Å². The van der Waals surface area contributed by atoms with Crippen LogP contribution in [0.4, 0.5) is 0 Å². The number of phenolic OH excluding ortho intramolecular Hbond substituents is 3. The molecule has 2 aromatic carbocycles. The minimum absolute atomic E-state index is 0.00902. The maximum Gasteiger partial charge on any atom is 0.239 e. The van der Waals surface area contributed by atoms with E-state index in [0.29, 0.717) is 0 Å². The molecule has 2 aliphatic rings. The number of aliphatic hydroxyl groups excluding tert-OH is 7. The maximum atomic E-state index is 13.7. The molecular formula is C29H34O17. The van der Waals surface area contributed by atoms with Crippen molar-refractivity contribution in [2.45, 2.75) is 68.3 Å². The van der Waals surface area contributed by atoms with E-state index in [-0.39, 0.29) is 35.9 Å². The van der Waals surface area contributed by atoms with E-state index in [1.165, 1.54) is 19.1 Å². The minimum Gasteiger partial charge on any atom is -0.508 e. The summed E-state index contributed by atoms with van der Waals surface area (Å²) in [6.07, 6.45) is -16.2. The Bertz CT molecular complexity index is 1590. The van der Waals surface area contributed by atoms with E-state index in [0.717, 1.165) is 18.2 Å². The predicted molar refractivity (Wildman–Crippen MR) is 151 cm³/mol. The number of aromatic hydroxyl groups is 3. The molecule has 2 aliphatic heterocycles. The van der Waals surface area contributed by atoms with Crippen LogP contribution in [0, 0.1) is 0 Å². The third-order valence-corrected chi connectivity index (χ3v) is 7.62. The molecule has 0 amide bonds. The van der Waals surface area contributed by atoms with Crippen molar-refractivity contribution in [3.8, 4) is 40.1 Å². The van der Waals surface area contributed by atoms with Crippen LogP contribution in [0.1, 0.15) is 6.92 Å². The van der Waals surface area contributed by atoms with Crippen molar-refractivity contribution in [2.75, 3.05) is 19.8 Å². The molecule has 3 unspecified atom stereocenters. The van der Waals surface area contributed by atoms with Crippen LogP contribution in [0.5, 0.6) is 28.7 Å². The first-order chi connectivity index (χ1) is 21.8. The Morgan fingerprint density at radius 1 is 0.804 bits per heavy atom. The highest BCUT2D eigenvalue weighted by molar-refractivity contribution is 5.88. The molecule has 17 nitrogen and oxygen atoms in total. The van der Waals surface area contributed by atoms with Crippen LogP contribution in [-0.4, -0.2) is 132 Å². The fraction of sp³-hybridized carbons (Fsp3) is 0.483. The van der Waals surface area contributed by atoms with Crippen molar-refractivity contribution in [1.29, 1.82) is 0 Å². The van der Waals surface area contributed by atoms with Crippen LogP contribution in [0.2, 0.25) is 0 Å². The predicted octanol–water partition coefficient (Wildman–Crippen LogP) is -2.02. The highest BCUT2D eigenvalue weighted by Crippen LogP contribution is 2.40. The van der Waals surface area contributed by atoms with E-state index in [1.807, 2.05) is 0 Å². The van der Waals surface area contributed by atoms with Gasteiger partial charge in [0.1, 0.15) is 71.8 Å². The van der Waals surface area contributed by atoms with Crippen molar-refractivity contribution < 1.29 is 79.2 Å². The van der Waals surface area contributed by atoms with Gasteiger partial charge in [-0.1, -0.05) is 0 Å². The molecule has 0 bridgehead atoms. The van der Waals surface area contributed by atoms with Crippen molar-refractivity contribution in [2.24, 2.45) is 0 Å². The van der Waals surface area contributed by atoms with Gasteiger partial charge in [0, 0.05) is 17.7 Å². The second-order valence-corrected chi connectivity index (χ2v) is 10.8. The van der Waals surface area contributed by atoms with Crippen LogP contribution in [0.15, 0.2) is 39.5 Å². The summed E-state index contributed by atoms with van der Waals surface area (Å²) in [5.41, 5.74) is -1.29. The summed E-state index contributed by atoms with van der Waals surface area (Å²) >= 11 is 0. The summed E-state index contributed by atoms with van der Waals surface area (Å²) in [5.74, 6) is -2.64. The molecule has 0 spiro atoms. The molecule has 1 aromatic heterocycles. The molecule has 252 valence electrons. The molecule has 17 heteroatoms. The van der Waals surface area contributed by atoms with Crippen LogP contribution in [-0.2, 0) is 14.2 Å². The SMILES string of the molecule is C[C@H]1OC(OCC2O[C@H](Oc3c(-c4ccc(OCCO)c(O)c4)oc4cc(O)cc(O)c4c3=O)[C@@H](O)[C@H](O)[C@H]2O)C(O)[C@@H](O)[C@@H]1O.